The number of halogens is 5. The Morgan fingerprint density at radius 3 is 2.74 bits per heavy atom. The number of nitrogens with zero attached hydrogens (tertiary/aromatic N) is 4. The van der Waals surface area contributed by atoms with Crippen LogP contribution in [0.2, 0.25) is 5.02 Å². The summed E-state index contributed by atoms with van der Waals surface area (Å²) in [6, 6.07) is 2.77. The first-order valence-corrected chi connectivity index (χ1v) is 12.3. The number of piperidine rings is 1. The van der Waals surface area contributed by atoms with Gasteiger partial charge in [0.1, 0.15) is 6.54 Å². The van der Waals surface area contributed by atoms with Crippen molar-refractivity contribution < 1.29 is 18.0 Å². The van der Waals surface area contributed by atoms with Crippen LogP contribution in [-0.2, 0) is 22.9 Å². The first-order chi connectivity index (χ1) is 16.6. The highest BCUT2D eigenvalue weighted by atomic mass is 79.9. The lowest BCUT2D eigenvalue weighted by Gasteiger charge is -2.36. The maximum Gasteiger partial charge on any atom is 0.416 e. The van der Waals surface area contributed by atoms with E-state index in [1.165, 1.54) is 4.52 Å². The number of hydrogen-bond acceptors (Lipinski definition) is 5. The normalized spacial score (nSPS) is 22.3. The fourth-order valence-corrected chi connectivity index (χ4v) is 6.52. The van der Waals surface area contributed by atoms with Crippen molar-refractivity contribution in [3.05, 3.63) is 55.1 Å². The largest absolute Gasteiger partial charge is 0.416 e. The lowest BCUT2D eigenvalue weighted by atomic mass is 9.72. The summed E-state index contributed by atoms with van der Waals surface area (Å²) in [5, 5.41) is 9.96. The van der Waals surface area contributed by atoms with Gasteiger partial charge in [0, 0.05) is 22.6 Å². The van der Waals surface area contributed by atoms with E-state index < -0.39 is 17.6 Å². The molecule has 2 atom stereocenters. The van der Waals surface area contributed by atoms with Gasteiger partial charge in [-0.2, -0.15) is 22.7 Å². The van der Waals surface area contributed by atoms with Crippen LogP contribution in [0.3, 0.4) is 0 Å². The highest BCUT2D eigenvalue weighted by Gasteiger charge is 2.63. The number of fused-ring (bicyclic) bond motifs is 6. The van der Waals surface area contributed by atoms with Crippen molar-refractivity contribution in [3.63, 3.8) is 0 Å². The van der Waals surface area contributed by atoms with Crippen molar-refractivity contribution >= 4 is 44.9 Å². The van der Waals surface area contributed by atoms with Crippen LogP contribution >= 0.6 is 27.5 Å². The lowest BCUT2D eigenvalue weighted by Crippen LogP contribution is -2.44. The van der Waals surface area contributed by atoms with Crippen LogP contribution in [-0.4, -0.2) is 38.2 Å². The molecule has 184 valence electrons. The summed E-state index contributed by atoms with van der Waals surface area (Å²) in [4.78, 5) is 31.0. The summed E-state index contributed by atoms with van der Waals surface area (Å²) in [5.74, 6) is 0.258. The molecule has 2 fully saturated rings. The SMILES string of the molecule is O=C(Cn1c2c(c(=O)n3nc(Br)nc13)C1(CCNCC1)C1CC21)Nc1ccc(C(F)(F)F)cc1Cl. The van der Waals surface area contributed by atoms with E-state index in [2.05, 4.69) is 36.6 Å². The number of aromatic nitrogens is 4. The molecule has 2 aromatic heterocycles. The number of carbonyl (C=O) groups is 1. The first kappa shape index (κ1) is 23.0. The Morgan fingerprint density at radius 2 is 2.06 bits per heavy atom. The molecule has 6 rings (SSSR count). The third-order valence-corrected chi connectivity index (χ3v) is 8.12. The maximum absolute atomic E-state index is 13.6. The molecule has 2 aliphatic carbocycles. The van der Waals surface area contributed by atoms with Gasteiger partial charge in [-0.25, -0.2) is 0 Å². The van der Waals surface area contributed by atoms with Crippen molar-refractivity contribution in [2.75, 3.05) is 18.4 Å². The average Bonchev–Trinajstić information content (AvgIpc) is 3.43. The molecular formula is C22H19BrClF3N6O2. The molecule has 0 bridgehead atoms. The zero-order valence-corrected chi connectivity index (χ0v) is 20.5. The smallest absolute Gasteiger partial charge is 0.323 e. The number of hydrogen-bond donors (Lipinski definition) is 2. The van der Waals surface area contributed by atoms with Crippen LogP contribution < -0.4 is 16.2 Å². The van der Waals surface area contributed by atoms with Gasteiger partial charge in [0.15, 0.2) is 0 Å². The Kier molecular flexibility index (Phi) is 5.11. The molecule has 3 heterocycles. The summed E-state index contributed by atoms with van der Waals surface area (Å²) in [6.45, 7) is 1.44. The summed E-state index contributed by atoms with van der Waals surface area (Å²) in [5.41, 5.74) is 0.253. The predicted molar refractivity (Wildman–Crippen MR) is 125 cm³/mol. The molecule has 1 saturated heterocycles. The third kappa shape index (κ3) is 3.52. The minimum atomic E-state index is -4.54. The van der Waals surface area contributed by atoms with Gasteiger partial charge in [-0.3, -0.25) is 9.59 Å². The Labute approximate surface area is 210 Å². The van der Waals surface area contributed by atoms with E-state index in [9.17, 15) is 22.8 Å². The fraction of sp³-hybridized carbons (Fsp3) is 0.455. The van der Waals surface area contributed by atoms with Gasteiger partial charge in [-0.1, -0.05) is 11.6 Å². The quantitative estimate of drug-likeness (QED) is 0.500. The molecule has 1 amide bonds. The van der Waals surface area contributed by atoms with E-state index in [1.807, 2.05) is 0 Å². The van der Waals surface area contributed by atoms with Gasteiger partial charge in [0.2, 0.25) is 16.4 Å². The molecule has 0 radical (unpaired) electrons. The summed E-state index contributed by atoms with van der Waals surface area (Å²) in [7, 11) is 0. The molecule has 3 aliphatic rings. The van der Waals surface area contributed by atoms with E-state index >= 15 is 0 Å². The molecule has 8 nitrogen and oxygen atoms in total. The highest BCUT2D eigenvalue weighted by molar-refractivity contribution is 9.10. The topological polar surface area (TPSA) is 93.3 Å². The van der Waals surface area contributed by atoms with E-state index in [-0.39, 0.29) is 44.7 Å². The molecule has 2 unspecified atom stereocenters. The van der Waals surface area contributed by atoms with E-state index in [4.69, 9.17) is 11.6 Å². The van der Waals surface area contributed by atoms with Crippen LogP contribution in [0.5, 0.6) is 0 Å². The zero-order valence-electron chi connectivity index (χ0n) is 18.1. The lowest BCUT2D eigenvalue weighted by molar-refractivity contribution is -0.137. The highest BCUT2D eigenvalue weighted by Crippen LogP contribution is 2.67. The Hall–Kier alpha value is -2.44. The second kappa shape index (κ2) is 7.78. The number of alkyl halides is 3. The average molecular weight is 572 g/mol. The van der Waals surface area contributed by atoms with Crippen LogP contribution in [0.25, 0.3) is 5.78 Å². The van der Waals surface area contributed by atoms with E-state index in [0.717, 1.165) is 56.2 Å². The van der Waals surface area contributed by atoms with Crippen molar-refractivity contribution in [3.8, 4) is 0 Å². The minimum absolute atomic E-state index is 0.0696. The van der Waals surface area contributed by atoms with Crippen LogP contribution in [0.15, 0.2) is 27.7 Å². The van der Waals surface area contributed by atoms with E-state index in [0.29, 0.717) is 11.5 Å². The van der Waals surface area contributed by atoms with Crippen LogP contribution in [0.4, 0.5) is 18.9 Å². The number of anilines is 1. The fourth-order valence-electron chi connectivity index (χ4n) is 5.97. The molecule has 1 aliphatic heterocycles. The summed E-state index contributed by atoms with van der Waals surface area (Å²) < 4.78 is 42.0. The van der Waals surface area contributed by atoms with Crippen LogP contribution in [0, 0.1) is 5.92 Å². The Morgan fingerprint density at radius 1 is 1.31 bits per heavy atom. The second-order valence-corrected chi connectivity index (χ2v) is 10.5. The first-order valence-electron chi connectivity index (χ1n) is 11.2. The maximum atomic E-state index is 13.6. The summed E-state index contributed by atoms with van der Waals surface area (Å²) in [6.07, 6.45) is -1.92. The summed E-state index contributed by atoms with van der Waals surface area (Å²) >= 11 is 9.25. The van der Waals surface area contributed by atoms with Gasteiger partial charge in [0.25, 0.3) is 5.56 Å². The van der Waals surface area contributed by atoms with Gasteiger partial charge >= 0.3 is 6.18 Å². The Balaban J connectivity index is 1.40. The Bertz CT molecular complexity index is 1450. The van der Waals surface area contributed by atoms with Gasteiger partial charge in [0.05, 0.1) is 16.3 Å². The molecule has 1 saturated carbocycles. The van der Waals surface area contributed by atoms with E-state index in [1.54, 1.807) is 4.57 Å². The van der Waals surface area contributed by atoms with Crippen molar-refractivity contribution in [2.24, 2.45) is 5.92 Å². The standard InChI is InChI=1S/C22H19BrClF3N6O2/c23-19-30-20-32(9-15(34)29-14-2-1-10(7-13(14)24)22(25,26)27)17-11-8-12(11)21(3-5-28-6-4-21)16(17)18(35)33(20)31-19/h1-2,7,11-12,28H,3-6,8-9H2,(H,29,34). The number of carbonyl (C=O) groups excluding carboxylic acids is 1. The van der Waals surface area contributed by atoms with Crippen molar-refractivity contribution in [1.82, 2.24) is 24.5 Å². The second-order valence-electron chi connectivity index (χ2n) is 9.34. The molecule has 13 heteroatoms. The number of nitrogens with one attached hydrogen (secondary N) is 2. The minimum Gasteiger partial charge on any atom is -0.323 e. The number of benzene rings is 1. The van der Waals surface area contributed by atoms with Crippen molar-refractivity contribution in [1.29, 1.82) is 0 Å². The molecule has 2 N–H and O–H groups in total. The number of amides is 1. The predicted octanol–water partition coefficient (Wildman–Crippen LogP) is 3.70. The zero-order chi connectivity index (χ0) is 24.7. The van der Waals surface area contributed by atoms with Gasteiger partial charge in [-0.15, -0.1) is 5.10 Å². The van der Waals surface area contributed by atoms with Gasteiger partial charge < -0.3 is 15.2 Å². The van der Waals surface area contributed by atoms with Crippen molar-refractivity contribution in [2.45, 2.75) is 43.3 Å². The third-order valence-electron chi connectivity index (χ3n) is 7.48. The number of rotatable bonds is 3. The van der Waals surface area contributed by atoms with Gasteiger partial charge in [-0.05, 0) is 72.4 Å². The molecule has 35 heavy (non-hydrogen) atoms. The molecule has 1 spiro atoms. The monoisotopic (exact) mass is 570 g/mol. The molecule has 1 aromatic carbocycles. The van der Waals surface area contributed by atoms with Crippen LogP contribution in [0.1, 0.15) is 42.0 Å². The molecular weight excluding hydrogens is 553 g/mol. The molecule has 3 aromatic rings.